The van der Waals surface area contributed by atoms with Crippen molar-refractivity contribution in [3.8, 4) is 11.5 Å². The molecule has 0 spiro atoms. The number of aromatic nitrogens is 2. The molecule has 0 aliphatic carbocycles. The topological polar surface area (TPSA) is 88.4 Å². The minimum absolute atomic E-state index is 0.00720. The smallest absolute Gasteiger partial charge is 0.325 e. The molecule has 4 heterocycles. The molecular weight excluding hydrogens is 386 g/mol. The van der Waals surface area contributed by atoms with Crippen molar-refractivity contribution in [1.29, 1.82) is 0 Å². The molecular formula is C21H21N5O4. The van der Waals surface area contributed by atoms with Crippen molar-refractivity contribution in [2.45, 2.75) is 6.54 Å². The minimum Gasteiger partial charge on any atom is -0.486 e. The maximum atomic E-state index is 12.8. The standard InChI is InChI=1S/C21H21N5O4/c27-20(22-12-15-13-24-6-2-1-3-19(24)23-15)14-25-7-8-26(21(25)28)16-4-5-17-18(11-16)30-10-9-29-17/h1-6,11,13H,7-10,12,14H2,(H,22,27). The predicted molar refractivity (Wildman–Crippen MR) is 109 cm³/mol. The lowest BCUT2D eigenvalue weighted by atomic mass is 10.2. The van der Waals surface area contributed by atoms with Gasteiger partial charge in [-0.1, -0.05) is 6.07 Å². The van der Waals surface area contributed by atoms with Crippen LogP contribution in [-0.4, -0.2) is 59.1 Å². The van der Waals surface area contributed by atoms with Gasteiger partial charge < -0.3 is 24.1 Å². The van der Waals surface area contributed by atoms with Crippen molar-refractivity contribution < 1.29 is 19.1 Å². The molecule has 9 nitrogen and oxygen atoms in total. The van der Waals surface area contributed by atoms with E-state index >= 15 is 0 Å². The SMILES string of the molecule is O=C(CN1CCN(c2ccc3c(c2)OCCO3)C1=O)NCc1cn2ccccc2n1. The number of anilines is 1. The molecule has 0 radical (unpaired) electrons. The molecule has 1 fully saturated rings. The van der Waals surface area contributed by atoms with Gasteiger partial charge in [0, 0.05) is 37.2 Å². The second-order valence-electron chi connectivity index (χ2n) is 7.16. The summed E-state index contributed by atoms with van der Waals surface area (Å²) in [7, 11) is 0. The van der Waals surface area contributed by atoms with Gasteiger partial charge in [-0.3, -0.25) is 9.69 Å². The summed E-state index contributed by atoms with van der Waals surface area (Å²) < 4.78 is 13.0. The molecule has 1 aromatic carbocycles. The molecule has 2 aliphatic rings. The lowest BCUT2D eigenvalue weighted by Gasteiger charge is -2.22. The number of fused-ring (bicyclic) bond motifs is 2. The van der Waals surface area contributed by atoms with E-state index in [1.54, 1.807) is 17.0 Å². The summed E-state index contributed by atoms with van der Waals surface area (Å²) in [6.45, 7) is 2.32. The Bertz CT molecular complexity index is 1080. The van der Waals surface area contributed by atoms with Crippen LogP contribution in [0.2, 0.25) is 0 Å². The van der Waals surface area contributed by atoms with Crippen LogP contribution in [0, 0.1) is 0 Å². The summed E-state index contributed by atoms with van der Waals surface area (Å²) in [5, 5.41) is 2.84. The van der Waals surface area contributed by atoms with Crippen LogP contribution in [0.25, 0.3) is 5.65 Å². The average Bonchev–Trinajstić information content (AvgIpc) is 3.35. The normalized spacial score (nSPS) is 15.7. The van der Waals surface area contributed by atoms with Crippen LogP contribution in [0.4, 0.5) is 10.5 Å². The van der Waals surface area contributed by atoms with E-state index in [1.165, 1.54) is 4.90 Å². The number of hydrogen-bond donors (Lipinski definition) is 1. The fourth-order valence-corrected chi connectivity index (χ4v) is 3.66. The molecule has 0 saturated carbocycles. The van der Waals surface area contributed by atoms with Crippen LogP contribution in [0.15, 0.2) is 48.8 Å². The van der Waals surface area contributed by atoms with E-state index in [4.69, 9.17) is 9.47 Å². The molecule has 1 saturated heterocycles. The molecule has 154 valence electrons. The van der Waals surface area contributed by atoms with Gasteiger partial charge in [-0.2, -0.15) is 0 Å². The molecule has 1 N–H and O–H groups in total. The zero-order valence-electron chi connectivity index (χ0n) is 16.3. The van der Waals surface area contributed by atoms with Crippen LogP contribution < -0.4 is 19.7 Å². The molecule has 5 rings (SSSR count). The Labute approximate surface area is 172 Å². The molecule has 9 heteroatoms. The Kier molecular flexibility index (Phi) is 4.62. The number of carbonyl (C=O) groups excluding carboxylic acids is 2. The van der Waals surface area contributed by atoms with Crippen LogP contribution in [0.1, 0.15) is 5.69 Å². The van der Waals surface area contributed by atoms with E-state index in [1.807, 2.05) is 41.1 Å². The fraction of sp³-hybridized carbons (Fsp3) is 0.286. The molecule has 30 heavy (non-hydrogen) atoms. The van der Waals surface area contributed by atoms with E-state index < -0.39 is 0 Å². The maximum Gasteiger partial charge on any atom is 0.325 e. The van der Waals surface area contributed by atoms with Gasteiger partial charge in [0.15, 0.2) is 11.5 Å². The summed E-state index contributed by atoms with van der Waals surface area (Å²) in [4.78, 5) is 32.8. The number of carbonyl (C=O) groups is 2. The number of nitrogens with one attached hydrogen (secondary N) is 1. The Morgan fingerprint density at radius 3 is 2.83 bits per heavy atom. The van der Waals surface area contributed by atoms with E-state index in [0.29, 0.717) is 44.3 Å². The molecule has 0 bridgehead atoms. The van der Waals surface area contributed by atoms with Crippen molar-refractivity contribution in [2.24, 2.45) is 0 Å². The second kappa shape index (κ2) is 7.58. The molecule has 3 amide bonds. The van der Waals surface area contributed by atoms with Gasteiger partial charge >= 0.3 is 6.03 Å². The van der Waals surface area contributed by atoms with Crippen LogP contribution >= 0.6 is 0 Å². The number of imidazole rings is 1. The lowest BCUT2D eigenvalue weighted by Crippen LogP contribution is -2.39. The molecule has 3 aromatic rings. The van der Waals surface area contributed by atoms with Gasteiger partial charge in [-0.25, -0.2) is 9.78 Å². The first-order valence-electron chi connectivity index (χ1n) is 9.83. The summed E-state index contributed by atoms with van der Waals surface area (Å²) >= 11 is 0. The number of benzene rings is 1. The Hall–Kier alpha value is -3.75. The van der Waals surface area contributed by atoms with E-state index in [9.17, 15) is 9.59 Å². The molecule has 0 unspecified atom stereocenters. The highest BCUT2D eigenvalue weighted by molar-refractivity contribution is 5.96. The number of nitrogens with zero attached hydrogens (tertiary/aromatic N) is 4. The number of rotatable bonds is 5. The third-order valence-electron chi connectivity index (χ3n) is 5.15. The third kappa shape index (κ3) is 3.49. The summed E-state index contributed by atoms with van der Waals surface area (Å²) in [5.41, 5.74) is 2.32. The van der Waals surface area contributed by atoms with Crippen molar-refractivity contribution in [1.82, 2.24) is 19.6 Å². The maximum absolute atomic E-state index is 12.8. The fourth-order valence-electron chi connectivity index (χ4n) is 3.66. The van der Waals surface area contributed by atoms with Gasteiger partial charge in [-0.05, 0) is 24.3 Å². The van der Waals surface area contributed by atoms with Gasteiger partial charge in [0.05, 0.1) is 12.2 Å². The Morgan fingerprint density at radius 2 is 1.97 bits per heavy atom. The summed E-state index contributed by atoms with van der Waals surface area (Å²) in [6.07, 6.45) is 3.78. The second-order valence-corrected chi connectivity index (χ2v) is 7.16. The van der Waals surface area contributed by atoms with E-state index in [0.717, 1.165) is 17.0 Å². The van der Waals surface area contributed by atoms with Crippen LogP contribution in [0.3, 0.4) is 0 Å². The average molecular weight is 407 g/mol. The lowest BCUT2D eigenvalue weighted by molar-refractivity contribution is -0.121. The highest BCUT2D eigenvalue weighted by atomic mass is 16.6. The van der Waals surface area contributed by atoms with Gasteiger partial charge in [0.25, 0.3) is 0 Å². The third-order valence-corrected chi connectivity index (χ3v) is 5.15. The zero-order valence-corrected chi connectivity index (χ0v) is 16.3. The van der Waals surface area contributed by atoms with Crippen molar-refractivity contribution in [3.63, 3.8) is 0 Å². The van der Waals surface area contributed by atoms with Gasteiger partial charge in [0.1, 0.15) is 25.4 Å². The van der Waals surface area contributed by atoms with Crippen molar-refractivity contribution in [2.75, 3.05) is 37.7 Å². The van der Waals surface area contributed by atoms with Crippen molar-refractivity contribution >= 4 is 23.3 Å². The quantitative estimate of drug-likeness (QED) is 0.695. The predicted octanol–water partition coefficient (Wildman–Crippen LogP) is 1.66. The summed E-state index contributed by atoms with van der Waals surface area (Å²) in [6, 6.07) is 11.0. The van der Waals surface area contributed by atoms with E-state index in [-0.39, 0.29) is 18.5 Å². The Morgan fingerprint density at radius 1 is 1.10 bits per heavy atom. The number of pyridine rings is 1. The monoisotopic (exact) mass is 407 g/mol. The van der Waals surface area contributed by atoms with Gasteiger partial charge in [-0.15, -0.1) is 0 Å². The largest absolute Gasteiger partial charge is 0.486 e. The van der Waals surface area contributed by atoms with Crippen LogP contribution in [0.5, 0.6) is 11.5 Å². The zero-order chi connectivity index (χ0) is 20.5. The van der Waals surface area contributed by atoms with Crippen molar-refractivity contribution in [3.05, 3.63) is 54.5 Å². The Balaban J connectivity index is 1.18. The molecule has 2 aromatic heterocycles. The first kappa shape index (κ1) is 18.3. The molecule has 0 atom stereocenters. The van der Waals surface area contributed by atoms with Gasteiger partial charge in [0.2, 0.25) is 5.91 Å². The first-order chi connectivity index (χ1) is 14.7. The number of urea groups is 1. The minimum atomic E-state index is -0.218. The highest BCUT2D eigenvalue weighted by Crippen LogP contribution is 2.34. The molecule has 2 aliphatic heterocycles. The number of hydrogen-bond acceptors (Lipinski definition) is 5. The summed E-state index contributed by atoms with van der Waals surface area (Å²) in [5.74, 6) is 1.10. The number of amides is 3. The highest BCUT2D eigenvalue weighted by Gasteiger charge is 2.31. The van der Waals surface area contributed by atoms with E-state index in [2.05, 4.69) is 10.3 Å². The van der Waals surface area contributed by atoms with Crippen LogP contribution in [-0.2, 0) is 11.3 Å². The first-order valence-corrected chi connectivity index (χ1v) is 9.83. The number of ether oxygens (including phenoxy) is 2.